The van der Waals surface area contributed by atoms with Crippen molar-refractivity contribution in [3.05, 3.63) is 29.8 Å². The Morgan fingerprint density at radius 3 is 3.11 bits per heavy atom. The summed E-state index contributed by atoms with van der Waals surface area (Å²) in [6, 6.07) is 2.46. The number of likely N-dealkylation sites (tertiary alicyclic amines) is 1. The summed E-state index contributed by atoms with van der Waals surface area (Å²) >= 11 is 0. The third kappa shape index (κ3) is 2.51. The lowest BCUT2D eigenvalue weighted by atomic mass is 9.91. The van der Waals surface area contributed by atoms with Gasteiger partial charge in [0, 0.05) is 24.4 Å². The molecule has 0 spiro atoms. The Bertz CT molecular complexity index is 439. The summed E-state index contributed by atoms with van der Waals surface area (Å²) in [5.74, 6) is -0.632. The molecule has 1 fully saturated rings. The molecule has 0 aromatic carbocycles. The van der Waals surface area contributed by atoms with Gasteiger partial charge in [0.2, 0.25) is 5.95 Å². The first-order chi connectivity index (χ1) is 8.63. The second kappa shape index (κ2) is 5.44. The molecule has 1 aliphatic rings. The first-order valence-electron chi connectivity index (χ1n) is 6.17. The maximum absolute atomic E-state index is 13.0. The van der Waals surface area contributed by atoms with E-state index in [0.29, 0.717) is 6.54 Å². The fourth-order valence-electron chi connectivity index (χ4n) is 2.48. The average molecular weight is 252 g/mol. The molecule has 0 aliphatic carbocycles. The highest BCUT2D eigenvalue weighted by Crippen LogP contribution is 2.24. The number of piperidine rings is 1. The van der Waals surface area contributed by atoms with Crippen LogP contribution in [-0.4, -0.2) is 40.1 Å². The van der Waals surface area contributed by atoms with E-state index in [-0.39, 0.29) is 30.0 Å². The largest absolute Gasteiger partial charge is 0.394 e. The minimum atomic E-state index is -0.661. The smallest absolute Gasteiger partial charge is 0.254 e. The van der Waals surface area contributed by atoms with Crippen molar-refractivity contribution in [2.45, 2.75) is 25.8 Å². The number of aliphatic hydroxyl groups is 1. The Balaban J connectivity index is 2.21. The third-order valence-corrected chi connectivity index (χ3v) is 3.54. The van der Waals surface area contributed by atoms with Crippen LogP contribution in [0.25, 0.3) is 0 Å². The lowest BCUT2D eigenvalue weighted by Gasteiger charge is -2.39. The molecule has 1 amide bonds. The second-order valence-corrected chi connectivity index (χ2v) is 4.74. The second-order valence-electron chi connectivity index (χ2n) is 4.74. The molecule has 5 heteroatoms. The fraction of sp³-hybridized carbons (Fsp3) is 0.538. The molecule has 4 nitrogen and oxygen atoms in total. The van der Waals surface area contributed by atoms with Crippen molar-refractivity contribution in [3.8, 4) is 0 Å². The standard InChI is InChI=1S/C13H17FN2O2/c1-9-3-2-6-16(11(9)8-17)13(18)10-4-5-15-12(14)7-10/h4-5,7,9,11,17H,2-3,6,8H2,1H3. The van der Waals surface area contributed by atoms with E-state index in [0.717, 1.165) is 18.9 Å². The lowest BCUT2D eigenvalue weighted by Crippen LogP contribution is -2.49. The zero-order valence-corrected chi connectivity index (χ0v) is 10.3. The Morgan fingerprint density at radius 1 is 1.67 bits per heavy atom. The van der Waals surface area contributed by atoms with Crippen molar-refractivity contribution in [2.75, 3.05) is 13.2 Å². The molecule has 2 heterocycles. The van der Waals surface area contributed by atoms with Crippen LogP contribution in [0.1, 0.15) is 30.1 Å². The maximum Gasteiger partial charge on any atom is 0.254 e. The van der Waals surface area contributed by atoms with Crippen LogP contribution in [-0.2, 0) is 0 Å². The predicted molar refractivity (Wildman–Crippen MR) is 64.5 cm³/mol. The topological polar surface area (TPSA) is 53.4 Å². The number of nitrogens with zero attached hydrogens (tertiary/aromatic N) is 2. The van der Waals surface area contributed by atoms with Crippen LogP contribution in [0.5, 0.6) is 0 Å². The predicted octanol–water partition coefficient (Wildman–Crippen LogP) is 1.45. The van der Waals surface area contributed by atoms with E-state index >= 15 is 0 Å². The normalized spacial score (nSPS) is 24.1. The van der Waals surface area contributed by atoms with Gasteiger partial charge in [-0.15, -0.1) is 0 Å². The van der Waals surface area contributed by atoms with E-state index in [1.165, 1.54) is 12.3 Å². The van der Waals surface area contributed by atoms with Crippen molar-refractivity contribution in [1.29, 1.82) is 0 Å². The zero-order valence-electron chi connectivity index (χ0n) is 10.3. The number of rotatable bonds is 2. The number of halogens is 1. The molecule has 0 radical (unpaired) electrons. The maximum atomic E-state index is 13.0. The Kier molecular flexibility index (Phi) is 3.91. The molecular formula is C13H17FN2O2. The van der Waals surface area contributed by atoms with Crippen molar-refractivity contribution >= 4 is 5.91 Å². The first kappa shape index (κ1) is 13.0. The molecule has 1 aliphatic heterocycles. The van der Waals surface area contributed by atoms with Gasteiger partial charge in [0.05, 0.1) is 12.6 Å². The van der Waals surface area contributed by atoms with Crippen LogP contribution < -0.4 is 0 Å². The zero-order chi connectivity index (χ0) is 13.1. The van der Waals surface area contributed by atoms with Crippen molar-refractivity contribution in [1.82, 2.24) is 9.88 Å². The third-order valence-electron chi connectivity index (χ3n) is 3.54. The van der Waals surface area contributed by atoms with Crippen LogP contribution >= 0.6 is 0 Å². The van der Waals surface area contributed by atoms with Crippen LogP contribution in [0.15, 0.2) is 18.3 Å². The highest BCUT2D eigenvalue weighted by molar-refractivity contribution is 5.94. The van der Waals surface area contributed by atoms with Gasteiger partial charge in [-0.2, -0.15) is 4.39 Å². The Labute approximate surface area is 105 Å². The van der Waals surface area contributed by atoms with Gasteiger partial charge < -0.3 is 10.0 Å². The summed E-state index contributed by atoms with van der Waals surface area (Å²) in [6.07, 6.45) is 3.20. The Hall–Kier alpha value is -1.49. The van der Waals surface area contributed by atoms with Crippen molar-refractivity contribution < 1.29 is 14.3 Å². The highest BCUT2D eigenvalue weighted by atomic mass is 19.1. The van der Waals surface area contributed by atoms with E-state index in [9.17, 15) is 14.3 Å². The Morgan fingerprint density at radius 2 is 2.44 bits per heavy atom. The quantitative estimate of drug-likeness (QED) is 0.811. The van der Waals surface area contributed by atoms with E-state index in [1.807, 2.05) is 6.92 Å². The highest BCUT2D eigenvalue weighted by Gasteiger charge is 2.31. The first-order valence-corrected chi connectivity index (χ1v) is 6.17. The molecule has 1 aromatic heterocycles. The average Bonchev–Trinajstić information content (AvgIpc) is 2.37. The summed E-state index contributed by atoms with van der Waals surface area (Å²) in [5, 5.41) is 9.40. The van der Waals surface area contributed by atoms with E-state index in [1.54, 1.807) is 4.90 Å². The van der Waals surface area contributed by atoms with Gasteiger partial charge in [0.25, 0.3) is 5.91 Å². The SMILES string of the molecule is CC1CCCN(C(=O)c2ccnc(F)c2)C1CO. The van der Waals surface area contributed by atoms with Crippen molar-refractivity contribution in [2.24, 2.45) is 5.92 Å². The molecule has 2 atom stereocenters. The molecular weight excluding hydrogens is 235 g/mol. The summed E-state index contributed by atoms with van der Waals surface area (Å²) < 4.78 is 13.0. The van der Waals surface area contributed by atoms with E-state index in [4.69, 9.17) is 0 Å². The monoisotopic (exact) mass is 252 g/mol. The molecule has 1 aromatic rings. The molecule has 1 saturated heterocycles. The summed E-state index contributed by atoms with van der Waals surface area (Å²) in [4.78, 5) is 17.4. The number of aromatic nitrogens is 1. The molecule has 98 valence electrons. The van der Waals surface area contributed by atoms with Crippen molar-refractivity contribution in [3.63, 3.8) is 0 Å². The summed E-state index contributed by atoms with van der Waals surface area (Å²) in [5.41, 5.74) is 0.287. The van der Waals surface area contributed by atoms with Gasteiger partial charge in [-0.3, -0.25) is 4.79 Å². The molecule has 1 N–H and O–H groups in total. The van der Waals surface area contributed by atoms with Gasteiger partial charge in [-0.25, -0.2) is 4.98 Å². The minimum absolute atomic E-state index is 0.0551. The van der Waals surface area contributed by atoms with E-state index < -0.39 is 5.95 Å². The molecule has 0 bridgehead atoms. The number of carbonyl (C=O) groups excluding carboxylic acids is 1. The molecule has 0 saturated carbocycles. The van der Waals surface area contributed by atoms with Crippen LogP contribution in [0.3, 0.4) is 0 Å². The van der Waals surface area contributed by atoms with Gasteiger partial charge in [0.1, 0.15) is 0 Å². The number of hydrogen-bond acceptors (Lipinski definition) is 3. The minimum Gasteiger partial charge on any atom is -0.394 e. The van der Waals surface area contributed by atoms with Gasteiger partial charge >= 0.3 is 0 Å². The van der Waals surface area contributed by atoms with Gasteiger partial charge in [0.15, 0.2) is 0 Å². The molecule has 2 rings (SSSR count). The van der Waals surface area contributed by atoms with Gasteiger partial charge in [-0.05, 0) is 24.8 Å². The number of amides is 1. The van der Waals surface area contributed by atoms with Crippen LogP contribution in [0.2, 0.25) is 0 Å². The fourth-order valence-corrected chi connectivity index (χ4v) is 2.48. The lowest BCUT2D eigenvalue weighted by molar-refractivity contribution is 0.0358. The number of pyridine rings is 1. The summed E-state index contributed by atoms with van der Waals surface area (Å²) in [6.45, 7) is 2.58. The van der Waals surface area contributed by atoms with E-state index in [2.05, 4.69) is 4.98 Å². The summed E-state index contributed by atoms with van der Waals surface area (Å²) in [7, 11) is 0. The van der Waals surface area contributed by atoms with Crippen LogP contribution in [0, 0.1) is 11.9 Å². The number of carbonyl (C=O) groups is 1. The van der Waals surface area contributed by atoms with Gasteiger partial charge in [-0.1, -0.05) is 6.92 Å². The van der Waals surface area contributed by atoms with Crippen LogP contribution in [0.4, 0.5) is 4.39 Å². The number of hydrogen-bond donors (Lipinski definition) is 1. The number of aliphatic hydroxyl groups excluding tert-OH is 1. The molecule has 18 heavy (non-hydrogen) atoms. The molecule has 2 unspecified atom stereocenters.